The Hall–Kier alpha value is -3.16. The highest BCUT2D eigenvalue weighted by Crippen LogP contribution is 2.11. The second kappa shape index (κ2) is 6.33. The third-order valence-corrected chi connectivity index (χ3v) is 2.60. The molecular weight excluding hydrogens is 274 g/mol. The highest BCUT2D eigenvalue weighted by molar-refractivity contribution is 5.99. The summed E-state index contributed by atoms with van der Waals surface area (Å²) in [6.07, 6.45) is 4.58. The molecule has 106 valence electrons. The Bertz CT molecular complexity index is 683. The molecule has 8 nitrogen and oxygen atoms in total. The summed E-state index contributed by atoms with van der Waals surface area (Å²) in [7, 11) is 0. The van der Waals surface area contributed by atoms with Crippen molar-refractivity contribution in [3.05, 3.63) is 64.2 Å². The van der Waals surface area contributed by atoms with Crippen molar-refractivity contribution in [2.45, 2.75) is 6.92 Å². The van der Waals surface area contributed by atoms with Crippen molar-refractivity contribution in [2.75, 3.05) is 0 Å². The quantitative estimate of drug-likeness (QED) is 0.520. The number of hydrogen-bond donors (Lipinski definition) is 1. The fraction of sp³-hybridized carbons (Fsp3) is 0.0769. The summed E-state index contributed by atoms with van der Waals surface area (Å²) in [5, 5.41) is 14.4. The number of nitro benzene ring substituents is 1. The number of nitrogens with one attached hydrogen (secondary N) is 1. The third-order valence-electron chi connectivity index (χ3n) is 2.60. The van der Waals surface area contributed by atoms with Crippen molar-refractivity contribution in [2.24, 2.45) is 5.10 Å². The zero-order valence-electron chi connectivity index (χ0n) is 11.1. The molecule has 0 aliphatic carbocycles. The molecule has 0 bridgehead atoms. The van der Waals surface area contributed by atoms with E-state index >= 15 is 0 Å². The zero-order valence-corrected chi connectivity index (χ0v) is 11.1. The van der Waals surface area contributed by atoms with Gasteiger partial charge in [-0.05, 0) is 19.1 Å². The molecule has 1 aromatic carbocycles. The van der Waals surface area contributed by atoms with E-state index in [2.05, 4.69) is 20.5 Å². The molecule has 2 rings (SSSR count). The molecule has 0 saturated heterocycles. The van der Waals surface area contributed by atoms with Crippen LogP contribution in [0.4, 0.5) is 5.69 Å². The molecule has 0 spiro atoms. The molecule has 2 aromatic rings. The lowest BCUT2D eigenvalue weighted by atomic mass is 10.2. The monoisotopic (exact) mass is 285 g/mol. The molecule has 0 aliphatic rings. The van der Waals surface area contributed by atoms with Gasteiger partial charge in [0.1, 0.15) is 5.69 Å². The van der Waals surface area contributed by atoms with Crippen LogP contribution in [0.5, 0.6) is 0 Å². The van der Waals surface area contributed by atoms with Crippen LogP contribution in [0, 0.1) is 10.1 Å². The molecular formula is C13H11N5O3. The number of carbonyl (C=O) groups excluding carboxylic acids is 1. The lowest BCUT2D eigenvalue weighted by molar-refractivity contribution is -0.384. The van der Waals surface area contributed by atoms with E-state index in [1.807, 2.05) is 0 Å². The van der Waals surface area contributed by atoms with Crippen molar-refractivity contribution in [1.82, 2.24) is 15.4 Å². The first kappa shape index (κ1) is 14.3. The second-order valence-electron chi connectivity index (χ2n) is 4.03. The van der Waals surface area contributed by atoms with Crippen LogP contribution in [0.3, 0.4) is 0 Å². The Morgan fingerprint density at radius 3 is 2.57 bits per heavy atom. The Morgan fingerprint density at radius 1 is 1.29 bits per heavy atom. The summed E-state index contributed by atoms with van der Waals surface area (Å²) in [6.45, 7) is 1.68. The first-order chi connectivity index (χ1) is 10.1. The van der Waals surface area contributed by atoms with Crippen LogP contribution >= 0.6 is 0 Å². The predicted molar refractivity (Wildman–Crippen MR) is 74.8 cm³/mol. The summed E-state index contributed by atoms with van der Waals surface area (Å²) < 4.78 is 0. The van der Waals surface area contributed by atoms with E-state index in [9.17, 15) is 14.9 Å². The number of rotatable bonds is 4. The van der Waals surface area contributed by atoms with E-state index in [-0.39, 0.29) is 11.3 Å². The molecule has 21 heavy (non-hydrogen) atoms. The first-order valence-electron chi connectivity index (χ1n) is 5.93. The Kier molecular flexibility index (Phi) is 4.30. The number of nitrogens with zero attached hydrogens (tertiary/aromatic N) is 4. The molecule has 1 heterocycles. The molecule has 0 atom stereocenters. The Morgan fingerprint density at radius 2 is 2.00 bits per heavy atom. The number of hydrazone groups is 1. The molecule has 0 radical (unpaired) electrons. The van der Waals surface area contributed by atoms with Crippen LogP contribution in [-0.4, -0.2) is 26.5 Å². The largest absolute Gasteiger partial charge is 0.271 e. The van der Waals surface area contributed by atoms with Gasteiger partial charge in [-0.1, -0.05) is 0 Å². The molecule has 1 aromatic heterocycles. The van der Waals surface area contributed by atoms with E-state index in [1.54, 1.807) is 6.92 Å². The molecule has 1 N–H and O–H groups in total. The smallest absolute Gasteiger partial charge is 0.267 e. The van der Waals surface area contributed by atoms with Gasteiger partial charge in [0.15, 0.2) is 0 Å². The predicted octanol–water partition coefficient (Wildman–Crippen LogP) is 1.54. The third kappa shape index (κ3) is 3.66. The average Bonchev–Trinajstić information content (AvgIpc) is 2.53. The maximum Gasteiger partial charge on any atom is 0.271 e. The molecule has 0 aliphatic heterocycles. The van der Waals surface area contributed by atoms with Crippen molar-refractivity contribution in [3.63, 3.8) is 0 Å². The fourth-order valence-electron chi connectivity index (χ4n) is 1.48. The minimum absolute atomic E-state index is 0.0780. The fourth-order valence-corrected chi connectivity index (χ4v) is 1.48. The Balaban J connectivity index is 2.06. The van der Waals surface area contributed by atoms with E-state index in [0.29, 0.717) is 11.4 Å². The van der Waals surface area contributed by atoms with Gasteiger partial charge in [-0.2, -0.15) is 5.10 Å². The van der Waals surface area contributed by atoms with Gasteiger partial charge in [0.2, 0.25) is 0 Å². The van der Waals surface area contributed by atoms with Gasteiger partial charge >= 0.3 is 0 Å². The average molecular weight is 285 g/mol. The van der Waals surface area contributed by atoms with Gasteiger partial charge in [-0.25, -0.2) is 5.43 Å². The van der Waals surface area contributed by atoms with E-state index < -0.39 is 10.8 Å². The summed E-state index contributed by atoms with van der Waals surface area (Å²) in [5.41, 5.74) is 3.60. The van der Waals surface area contributed by atoms with Crippen LogP contribution in [0.2, 0.25) is 0 Å². The summed E-state index contributed by atoms with van der Waals surface area (Å²) in [6, 6.07) is 5.24. The van der Waals surface area contributed by atoms with Gasteiger partial charge in [0.25, 0.3) is 11.6 Å². The number of nitro groups is 1. The first-order valence-corrected chi connectivity index (χ1v) is 5.93. The van der Waals surface area contributed by atoms with Crippen molar-refractivity contribution in [3.8, 4) is 0 Å². The van der Waals surface area contributed by atoms with E-state index in [4.69, 9.17) is 0 Å². The van der Waals surface area contributed by atoms with Crippen molar-refractivity contribution < 1.29 is 9.72 Å². The van der Waals surface area contributed by atoms with Crippen LogP contribution < -0.4 is 5.43 Å². The van der Waals surface area contributed by atoms with Gasteiger partial charge in [-0.3, -0.25) is 24.9 Å². The number of non-ortho nitro benzene ring substituents is 1. The second-order valence-corrected chi connectivity index (χ2v) is 4.03. The van der Waals surface area contributed by atoms with Gasteiger partial charge in [0.05, 0.1) is 16.8 Å². The van der Waals surface area contributed by atoms with Crippen LogP contribution in [0.15, 0.2) is 48.0 Å². The molecule has 0 saturated carbocycles. The maximum atomic E-state index is 11.8. The highest BCUT2D eigenvalue weighted by atomic mass is 16.6. The number of aromatic nitrogens is 2. The highest BCUT2D eigenvalue weighted by Gasteiger charge is 2.09. The van der Waals surface area contributed by atoms with Gasteiger partial charge in [0, 0.05) is 30.1 Å². The molecule has 8 heteroatoms. The lowest BCUT2D eigenvalue weighted by Gasteiger charge is -2.02. The topological polar surface area (TPSA) is 110 Å². The van der Waals surface area contributed by atoms with Crippen LogP contribution in [0.1, 0.15) is 23.0 Å². The lowest BCUT2D eigenvalue weighted by Crippen LogP contribution is -2.19. The van der Waals surface area contributed by atoms with E-state index in [1.165, 1.54) is 42.9 Å². The number of benzene rings is 1. The SMILES string of the molecule is C/C(=N/NC(=O)c1ccc([N+](=O)[O-])cc1)c1cnccn1. The maximum absolute atomic E-state index is 11.8. The molecule has 0 fully saturated rings. The number of carbonyl (C=O) groups is 1. The Labute approximate surface area is 119 Å². The summed E-state index contributed by atoms with van der Waals surface area (Å²) in [4.78, 5) is 29.8. The normalized spacial score (nSPS) is 11.0. The number of amides is 1. The van der Waals surface area contributed by atoms with Crippen molar-refractivity contribution >= 4 is 17.3 Å². The molecule has 1 amide bonds. The standard InChI is InChI=1S/C13H11N5O3/c1-9(12-8-14-6-7-15-12)16-17-13(19)10-2-4-11(5-3-10)18(20)21/h2-8H,1H3,(H,17,19)/b16-9-. The van der Waals surface area contributed by atoms with Gasteiger partial charge < -0.3 is 0 Å². The molecule has 0 unspecified atom stereocenters. The number of hydrogen-bond acceptors (Lipinski definition) is 6. The van der Waals surface area contributed by atoms with E-state index in [0.717, 1.165) is 0 Å². The van der Waals surface area contributed by atoms with Crippen LogP contribution in [0.25, 0.3) is 0 Å². The van der Waals surface area contributed by atoms with Crippen LogP contribution in [-0.2, 0) is 0 Å². The summed E-state index contributed by atoms with van der Waals surface area (Å²) in [5.74, 6) is -0.465. The summed E-state index contributed by atoms with van der Waals surface area (Å²) >= 11 is 0. The minimum atomic E-state index is -0.530. The minimum Gasteiger partial charge on any atom is -0.267 e. The zero-order chi connectivity index (χ0) is 15.2. The van der Waals surface area contributed by atoms with Crippen molar-refractivity contribution in [1.29, 1.82) is 0 Å². The van der Waals surface area contributed by atoms with Gasteiger partial charge in [-0.15, -0.1) is 0 Å².